The minimum Gasteiger partial charge on any atom is -0.383 e. The predicted octanol–water partition coefficient (Wildman–Crippen LogP) is 0.580. The zero-order valence-corrected chi connectivity index (χ0v) is 10.7. The summed E-state index contributed by atoms with van der Waals surface area (Å²) < 4.78 is 28.7. The molecule has 0 saturated carbocycles. The molecule has 16 heavy (non-hydrogen) atoms. The average molecular weight is 247 g/mol. The Labute approximate surface area is 97.7 Å². The summed E-state index contributed by atoms with van der Waals surface area (Å²) in [5.74, 6) is 0.935. The zero-order chi connectivity index (χ0) is 11.6. The van der Waals surface area contributed by atoms with Crippen molar-refractivity contribution in [3.63, 3.8) is 0 Å². The second-order valence-electron chi connectivity index (χ2n) is 5.07. The lowest BCUT2D eigenvalue weighted by Crippen LogP contribution is -2.54. The van der Waals surface area contributed by atoms with Crippen molar-refractivity contribution in [1.29, 1.82) is 0 Å². The number of hydrogen-bond acceptors (Lipinski definition) is 4. The number of rotatable bonds is 3. The summed E-state index contributed by atoms with van der Waals surface area (Å²) in [6, 6.07) is 0. The van der Waals surface area contributed by atoms with Crippen molar-refractivity contribution in [2.75, 3.05) is 31.8 Å². The summed E-state index contributed by atoms with van der Waals surface area (Å²) >= 11 is 0. The Balaban J connectivity index is 2.14. The van der Waals surface area contributed by atoms with Crippen LogP contribution in [0.15, 0.2) is 0 Å². The van der Waals surface area contributed by atoms with E-state index in [1.54, 1.807) is 7.11 Å². The van der Waals surface area contributed by atoms with Crippen molar-refractivity contribution in [3.8, 4) is 0 Å². The molecule has 2 unspecified atom stereocenters. The van der Waals surface area contributed by atoms with E-state index in [0.717, 1.165) is 32.2 Å². The minimum atomic E-state index is -2.82. The zero-order valence-electron chi connectivity index (χ0n) is 9.87. The van der Waals surface area contributed by atoms with Crippen LogP contribution in [0.2, 0.25) is 0 Å². The summed E-state index contributed by atoms with van der Waals surface area (Å²) in [7, 11) is -1.13. The number of hydrogen-bond donors (Lipinski definition) is 1. The monoisotopic (exact) mass is 247 g/mol. The Morgan fingerprint density at radius 2 is 2.25 bits per heavy atom. The lowest BCUT2D eigenvalue weighted by atomic mass is 9.81. The van der Waals surface area contributed by atoms with E-state index in [-0.39, 0.29) is 11.5 Å². The van der Waals surface area contributed by atoms with Gasteiger partial charge in [0, 0.05) is 12.6 Å². The highest BCUT2D eigenvalue weighted by molar-refractivity contribution is 7.91. The summed E-state index contributed by atoms with van der Waals surface area (Å²) in [4.78, 5) is 0. The normalized spacial score (nSPS) is 38.7. The third-order valence-corrected chi connectivity index (χ3v) is 5.74. The van der Waals surface area contributed by atoms with E-state index in [9.17, 15) is 8.42 Å². The standard InChI is InChI=1S/C11H21NO3S/c1-15-9-11(5-3-6-12-11)10-4-2-7-16(13,14)8-10/h10,12H,2-9H2,1H3. The van der Waals surface area contributed by atoms with Crippen molar-refractivity contribution in [2.24, 2.45) is 5.92 Å². The maximum atomic E-state index is 11.7. The van der Waals surface area contributed by atoms with Gasteiger partial charge in [-0.1, -0.05) is 0 Å². The number of nitrogens with one attached hydrogen (secondary N) is 1. The second kappa shape index (κ2) is 4.63. The van der Waals surface area contributed by atoms with Crippen LogP contribution in [0, 0.1) is 5.92 Å². The van der Waals surface area contributed by atoms with E-state index < -0.39 is 9.84 Å². The fourth-order valence-electron chi connectivity index (χ4n) is 3.14. The first-order chi connectivity index (χ1) is 7.58. The molecule has 2 aliphatic rings. The fourth-order valence-corrected chi connectivity index (χ4v) is 5.01. The smallest absolute Gasteiger partial charge is 0.150 e. The van der Waals surface area contributed by atoms with Gasteiger partial charge in [0.15, 0.2) is 9.84 Å². The summed E-state index contributed by atoms with van der Waals surface area (Å²) in [6.07, 6.45) is 3.98. The molecule has 2 heterocycles. The maximum Gasteiger partial charge on any atom is 0.150 e. The average Bonchev–Trinajstić information content (AvgIpc) is 2.67. The first-order valence-corrected chi connectivity index (χ1v) is 7.84. The lowest BCUT2D eigenvalue weighted by molar-refractivity contribution is 0.0823. The minimum absolute atomic E-state index is 0.0811. The molecule has 2 atom stereocenters. The van der Waals surface area contributed by atoms with Crippen LogP contribution in [0.5, 0.6) is 0 Å². The molecule has 94 valence electrons. The highest BCUT2D eigenvalue weighted by Crippen LogP contribution is 2.35. The third kappa shape index (κ3) is 2.41. The van der Waals surface area contributed by atoms with E-state index in [2.05, 4.69) is 5.32 Å². The molecule has 0 radical (unpaired) electrons. The van der Waals surface area contributed by atoms with Crippen molar-refractivity contribution in [1.82, 2.24) is 5.32 Å². The van der Waals surface area contributed by atoms with E-state index in [0.29, 0.717) is 18.1 Å². The van der Waals surface area contributed by atoms with Gasteiger partial charge in [-0.05, 0) is 38.1 Å². The van der Waals surface area contributed by atoms with Gasteiger partial charge in [0.2, 0.25) is 0 Å². The molecule has 0 amide bonds. The van der Waals surface area contributed by atoms with E-state index >= 15 is 0 Å². The second-order valence-corrected chi connectivity index (χ2v) is 7.30. The quantitative estimate of drug-likeness (QED) is 0.792. The Bertz CT molecular complexity index is 333. The topological polar surface area (TPSA) is 55.4 Å². The van der Waals surface area contributed by atoms with E-state index in [4.69, 9.17) is 4.74 Å². The van der Waals surface area contributed by atoms with E-state index in [1.807, 2.05) is 0 Å². The van der Waals surface area contributed by atoms with Crippen molar-refractivity contribution in [3.05, 3.63) is 0 Å². The molecular weight excluding hydrogens is 226 g/mol. The molecule has 4 nitrogen and oxygen atoms in total. The van der Waals surface area contributed by atoms with Gasteiger partial charge in [0.25, 0.3) is 0 Å². The Hall–Kier alpha value is -0.130. The van der Waals surface area contributed by atoms with Crippen molar-refractivity contribution in [2.45, 2.75) is 31.2 Å². The van der Waals surface area contributed by atoms with Gasteiger partial charge < -0.3 is 10.1 Å². The van der Waals surface area contributed by atoms with Gasteiger partial charge in [-0.2, -0.15) is 0 Å². The van der Waals surface area contributed by atoms with Gasteiger partial charge in [-0.3, -0.25) is 0 Å². The molecule has 0 aromatic rings. The Kier molecular flexibility index (Phi) is 3.56. The first-order valence-electron chi connectivity index (χ1n) is 6.02. The fraction of sp³-hybridized carbons (Fsp3) is 1.00. The van der Waals surface area contributed by atoms with Crippen LogP contribution in [0.1, 0.15) is 25.7 Å². The van der Waals surface area contributed by atoms with Crippen LogP contribution in [0.25, 0.3) is 0 Å². The van der Waals surface area contributed by atoms with Crippen LogP contribution in [0.4, 0.5) is 0 Å². The largest absolute Gasteiger partial charge is 0.383 e. The maximum absolute atomic E-state index is 11.7. The molecule has 0 aromatic carbocycles. The molecule has 0 bridgehead atoms. The molecule has 2 saturated heterocycles. The van der Waals surface area contributed by atoms with Crippen LogP contribution in [0.3, 0.4) is 0 Å². The first kappa shape index (κ1) is 12.3. The molecule has 2 rings (SSSR count). The SMILES string of the molecule is COCC1(C2CCCS(=O)(=O)C2)CCCN1. The predicted molar refractivity (Wildman–Crippen MR) is 63.2 cm³/mol. The van der Waals surface area contributed by atoms with Gasteiger partial charge in [-0.25, -0.2) is 8.42 Å². The number of sulfone groups is 1. The van der Waals surface area contributed by atoms with E-state index in [1.165, 1.54) is 0 Å². The summed E-state index contributed by atoms with van der Waals surface area (Å²) in [6.45, 7) is 1.62. The Morgan fingerprint density at radius 3 is 2.81 bits per heavy atom. The number of methoxy groups -OCH3 is 1. The number of ether oxygens (including phenoxy) is 1. The lowest BCUT2D eigenvalue weighted by Gasteiger charge is -2.39. The van der Waals surface area contributed by atoms with Crippen molar-refractivity contribution < 1.29 is 13.2 Å². The van der Waals surface area contributed by atoms with Crippen LogP contribution >= 0.6 is 0 Å². The molecule has 2 fully saturated rings. The van der Waals surface area contributed by atoms with Crippen LogP contribution in [-0.4, -0.2) is 45.7 Å². The van der Waals surface area contributed by atoms with Gasteiger partial charge in [0.05, 0.1) is 18.1 Å². The van der Waals surface area contributed by atoms with Gasteiger partial charge in [-0.15, -0.1) is 0 Å². The van der Waals surface area contributed by atoms with Crippen LogP contribution < -0.4 is 5.32 Å². The third-order valence-electron chi connectivity index (χ3n) is 3.92. The molecule has 1 N–H and O–H groups in total. The highest BCUT2D eigenvalue weighted by atomic mass is 32.2. The van der Waals surface area contributed by atoms with Crippen LogP contribution in [-0.2, 0) is 14.6 Å². The molecule has 5 heteroatoms. The molecular formula is C11H21NO3S. The highest BCUT2D eigenvalue weighted by Gasteiger charge is 2.44. The molecule has 2 aliphatic heterocycles. The van der Waals surface area contributed by atoms with Gasteiger partial charge >= 0.3 is 0 Å². The summed E-state index contributed by atoms with van der Waals surface area (Å²) in [5.41, 5.74) is -0.0811. The molecule has 0 aliphatic carbocycles. The Morgan fingerprint density at radius 1 is 1.44 bits per heavy atom. The summed E-state index contributed by atoms with van der Waals surface area (Å²) in [5, 5.41) is 3.49. The molecule has 0 aromatic heterocycles. The molecule has 0 spiro atoms. The van der Waals surface area contributed by atoms with Gasteiger partial charge in [0.1, 0.15) is 0 Å². The van der Waals surface area contributed by atoms with Crippen molar-refractivity contribution >= 4 is 9.84 Å².